The quantitative estimate of drug-likeness (QED) is 0.563. The van der Waals surface area contributed by atoms with Crippen LogP contribution < -0.4 is 10.6 Å². The first kappa shape index (κ1) is 21.6. The lowest BCUT2D eigenvalue weighted by Crippen LogP contribution is -2.64. The standard InChI is InChI=1S/C22H29N3O6/c1-30-21(31-2)14-8-22(9-14)11-24(12-22)15-3-4-16-13(7-15)10-25(20(16)29)17(19(23)28)5-6-18(26)27/h3-4,7,14,17,21H,5-6,8-12H2,1-2H3,(H2,23,28)(H,26,27)/t17-/m0/s1. The van der Waals surface area contributed by atoms with Gasteiger partial charge < -0.3 is 30.1 Å². The number of carboxylic acids is 1. The highest BCUT2D eigenvalue weighted by molar-refractivity contribution is 6.01. The molecule has 0 unspecified atom stereocenters. The summed E-state index contributed by atoms with van der Waals surface area (Å²) >= 11 is 0. The molecule has 1 spiro atoms. The zero-order valence-corrected chi connectivity index (χ0v) is 17.9. The molecule has 3 aliphatic rings. The molecular formula is C22H29N3O6. The van der Waals surface area contributed by atoms with Crippen LogP contribution in [0.25, 0.3) is 0 Å². The van der Waals surface area contributed by atoms with E-state index in [1.54, 1.807) is 20.3 Å². The number of rotatable bonds is 9. The first-order valence-electron chi connectivity index (χ1n) is 10.5. The Hall–Kier alpha value is -2.65. The number of anilines is 1. The molecule has 3 N–H and O–H groups in total. The number of hydrogen-bond acceptors (Lipinski definition) is 6. The Balaban J connectivity index is 1.39. The lowest BCUT2D eigenvalue weighted by atomic mass is 9.57. The predicted octanol–water partition coefficient (Wildman–Crippen LogP) is 1.20. The zero-order valence-electron chi connectivity index (χ0n) is 17.9. The number of amides is 2. The number of nitrogens with two attached hydrogens (primary N) is 1. The van der Waals surface area contributed by atoms with Gasteiger partial charge >= 0.3 is 5.97 Å². The molecule has 2 aliphatic heterocycles. The molecule has 168 valence electrons. The van der Waals surface area contributed by atoms with Crippen LogP contribution in [0, 0.1) is 11.3 Å². The highest BCUT2D eigenvalue weighted by Crippen LogP contribution is 2.54. The van der Waals surface area contributed by atoms with Gasteiger partial charge in [-0.1, -0.05) is 0 Å². The van der Waals surface area contributed by atoms with E-state index in [1.165, 1.54) is 4.90 Å². The average Bonchev–Trinajstić information content (AvgIpc) is 2.98. The number of carboxylic acid groups (broad SMARTS) is 1. The molecule has 0 aromatic heterocycles. The fourth-order valence-electron chi connectivity index (χ4n) is 5.42. The summed E-state index contributed by atoms with van der Waals surface area (Å²) in [7, 11) is 3.34. The molecule has 4 rings (SSSR count). The van der Waals surface area contributed by atoms with Crippen LogP contribution in [0.3, 0.4) is 0 Å². The maximum absolute atomic E-state index is 12.8. The third kappa shape index (κ3) is 3.87. The topological polar surface area (TPSA) is 122 Å². The Labute approximate surface area is 181 Å². The minimum absolute atomic E-state index is 0.0109. The summed E-state index contributed by atoms with van der Waals surface area (Å²) in [4.78, 5) is 39.3. The molecule has 9 nitrogen and oxygen atoms in total. The average molecular weight is 431 g/mol. The maximum Gasteiger partial charge on any atom is 0.303 e. The molecule has 0 radical (unpaired) electrons. The number of benzene rings is 1. The van der Waals surface area contributed by atoms with Gasteiger partial charge in [-0.15, -0.1) is 0 Å². The normalized spacial score (nSPS) is 20.5. The van der Waals surface area contributed by atoms with Crippen molar-refractivity contribution in [1.82, 2.24) is 4.90 Å². The van der Waals surface area contributed by atoms with Crippen LogP contribution in [-0.4, -0.2) is 67.4 Å². The van der Waals surface area contributed by atoms with Gasteiger partial charge in [0.25, 0.3) is 5.91 Å². The largest absolute Gasteiger partial charge is 0.481 e. The van der Waals surface area contributed by atoms with Gasteiger partial charge in [-0.05, 0) is 43.0 Å². The molecule has 2 heterocycles. The minimum atomic E-state index is -1.02. The molecule has 1 aliphatic carbocycles. The smallest absolute Gasteiger partial charge is 0.303 e. The monoisotopic (exact) mass is 431 g/mol. The van der Waals surface area contributed by atoms with Crippen molar-refractivity contribution < 1.29 is 29.0 Å². The predicted molar refractivity (Wildman–Crippen MR) is 111 cm³/mol. The van der Waals surface area contributed by atoms with Gasteiger partial charge in [0.05, 0.1) is 0 Å². The molecule has 2 amide bonds. The SMILES string of the molecule is COC(OC)C1CC2(C1)CN(c1ccc3c(c1)CN([C@@H](CCC(=O)O)C(N)=O)C3=O)C2. The highest BCUT2D eigenvalue weighted by Gasteiger charge is 2.54. The Morgan fingerprint density at radius 3 is 2.52 bits per heavy atom. The van der Waals surface area contributed by atoms with Crippen LogP contribution in [0.4, 0.5) is 5.69 Å². The van der Waals surface area contributed by atoms with Crippen LogP contribution in [-0.2, 0) is 25.6 Å². The summed E-state index contributed by atoms with van der Waals surface area (Å²) < 4.78 is 10.8. The van der Waals surface area contributed by atoms with Crippen molar-refractivity contribution in [2.75, 3.05) is 32.2 Å². The van der Waals surface area contributed by atoms with E-state index in [4.69, 9.17) is 20.3 Å². The molecule has 2 fully saturated rings. The van der Waals surface area contributed by atoms with Gasteiger partial charge in [-0.2, -0.15) is 0 Å². The van der Waals surface area contributed by atoms with E-state index in [0.717, 1.165) is 37.2 Å². The van der Waals surface area contributed by atoms with E-state index in [9.17, 15) is 14.4 Å². The summed E-state index contributed by atoms with van der Waals surface area (Å²) in [6, 6.07) is 4.81. The Morgan fingerprint density at radius 1 is 1.26 bits per heavy atom. The molecule has 1 saturated heterocycles. The number of hydrogen-bond donors (Lipinski definition) is 2. The minimum Gasteiger partial charge on any atom is -0.481 e. The van der Waals surface area contributed by atoms with Crippen LogP contribution in [0.5, 0.6) is 0 Å². The number of aliphatic carboxylic acids is 1. The number of fused-ring (bicyclic) bond motifs is 1. The maximum atomic E-state index is 12.8. The van der Waals surface area contributed by atoms with Gasteiger partial charge in [0.2, 0.25) is 5.91 Å². The van der Waals surface area contributed by atoms with Gasteiger partial charge in [-0.25, -0.2) is 0 Å². The van der Waals surface area contributed by atoms with E-state index in [0.29, 0.717) is 16.9 Å². The lowest BCUT2D eigenvalue weighted by Gasteiger charge is -2.60. The Kier molecular flexibility index (Phi) is 5.65. The Morgan fingerprint density at radius 2 is 1.94 bits per heavy atom. The van der Waals surface area contributed by atoms with Crippen molar-refractivity contribution in [3.05, 3.63) is 29.3 Å². The van der Waals surface area contributed by atoms with E-state index >= 15 is 0 Å². The summed E-state index contributed by atoms with van der Waals surface area (Å²) in [6.45, 7) is 2.19. The number of carbonyl (C=O) groups is 3. The van der Waals surface area contributed by atoms with E-state index in [-0.39, 0.29) is 31.6 Å². The van der Waals surface area contributed by atoms with Crippen molar-refractivity contribution in [3.8, 4) is 0 Å². The third-order valence-electron chi connectivity index (χ3n) is 6.91. The summed E-state index contributed by atoms with van der Waals surface area (Å²) in [6.07, 6.45) is 1.81. The number of ether oxygens (including phenoxy) is 2. The fraction of sp³-hybridized carbons (Fsp3) is 0.591. The van der Waals surface area contributed by atoms with Crippen LogP contribution >= 0.6 is 0 Å². The van der Waals surface area contributed by atoms with Gasteiger partial charge in [-0.3, -0.25) is 14.4 Å². The first-order valence-corrected chi connectivity index (χ1v) is 10.5. The molecule has 9 heteroatoms. The fourth-order valence-corrected chi connectivity index (χ4v) is 5.42. The van der Waals surface area contributed by atoms with E-state index < -0.39 is 17.9 Å². The summed E-state index contributed by atoms with van der Waals surface area (Å²) in [5.41, 5.74) is 8.22. The summed E-state index contributed by atoms with van der Waals surface area (Å²) in [5, 5.41) is 8.92. The number of nitrogens with zero attached hydrogens (tertiary/aromatic N) is 2. The number of methoxy groups -OCH3 is 2. The molecule has 31 heavy (non-hydrogen) atoms. The van der Waals surface area contributed by atoms with Crippen molar-refractivity contribution in [2.45, 2.75) is 44.6 Å². The molecule has 1 aromatic carbocycles. The molecule has 1 aromatic rings. The van der Waals surface area contributed by atoms with E-state index in [2.05, 4.69) is 4.90 Å². The van der Waals surface area contributed by atoms with Crippen LogP contribution in [0.1, 0.15) is 41.6 Å². The number of primary amides is 1. The zero-order chi connectivity index (χ0) is 22.3. The lowest BCUT2D eigenvalue weighted by molar-refractivity contribution is -0.184. The highest BCUT2D eigenvalue weighted by atomic mass is 16.7. The van der Waals surface area contributed by atoms with Gasteiger partial charge in [0.15, 0.2) is 6.29 Å². The van der Waals surface area contributed by atoms with Crippen LogP contribution in [0.2, 0.25) is 0 Å². The molecule has 1 saturated carbocycles. The second-order valence-electron chi connectivity index (χ2n) is 8.99. The van der Waals surface area contributed by atoms with Crippen molar-refractivity contribution >= 4 is 23.5 Å². The van der Waals surface area contributed by atoms with Crippen molar-refractivity contribution in [3.63, 3.8) is 0 Å². The van der Waals surface area contributed by atoms with E-state index in [1.807, 2.05) is 12.1 Å². The Bertz CT molecular complexity index is 885. The second-order valence-corrected chi connectivity index (χ2v) is 8.99. The van der Waals surface area contributed by atoms with Crippen LogP contribution in [0.15, 0.2) is 18.2 Å². The third-order valence-corrected chi connectivity index (χ3v) is 6.91. The summed E-state index contributed by atoms with van der Waals surface area (Å²) in [5.74, 6) is -1.55. The van der Waals surface area contributed by atoms with Crippen molar-refractivity contribution in [1.29, 1.82) is 0 Å². The molecular weight excluding hydrogens is 402 g/mol. The van der Waals surface area contributed by atoms with Gasteiger partial charge in [0, 0.05) is 62.9 Å². The first-order chi connectivity index (χ1) is 14.8. The molecule has 0 bridgehead atoms. The second kappa shape index (κ2) is 8.12. The number of carbonyl (C=O) groups excluding carboxylic acids is 2. The molecule has 1 atom stereocenters. The van der Waals surface area contributed by atoms with Crippen molar-refractivity contribution in [2.24, 2.45) is 17.1 Å². The van der Waals surface area contributed by atoms with Gasteiger partial charge in [0.1, 0.15) is 6.04 Å².